The van der Waals surface area contributed by atoms with Gasteiger partial charge < -0.3 is 5.73 Å². The second-order valence-corrected chi connectivity index (χ2v) is 4.78. The number of hydrogen-bond acceptors (Lipinski definition) is 3. The van der Waals surface area contributed by atoms with Gasteiger partial charge in [-0.05, 0) is 30.2 Å². The average molecular weight is 297 g/mol. The Labute approximate surface area is 119 Å². The Bertz CT molecular complexity index is 677. The Morgan fingerprint density at radius 3 is 2.43 bits per heavy atom. The molecular weight excluding hydrogens is 283 g/mol. The number of hydrogen-bond donors (Lipinski definition) is 1. The third-order valence-electron chi connectivity index (χ3n) is 3.04. The van der Waals surface area contributed by atoms with Crippen molar-refractivity contribution in [3.8, 4) is 0 Å². The van der Waals surface area contributed by atoms with E-state index in [9.17, 15) is 18.0 Å². The zero-order chi connectivity index (χ0) is 15.6. The third kappa shape index (κ3) is 3.69. The number of nitrogens with zero attached hydrogens (tertiary/aromatic N) is 2. The minimum Gasteiger partial charge on any atom is -0.322 e. The van der Waals surface area contributed by atoms with E-state index in [1.165, 1.54) is 29.1 Å². The van der Waals surface area contributed by atoms with E-state index in [0.29, 0.717) is 5.56 Å². The fourth-order valence-corrected chi connectivity index (χ4v) is 1.87. The van der Waals surface area contributed by atoms with Gasteiger partial charge in [-0.25, -0.2) is 4.68 Å². The van der Waals surface area contributed by atoms with Crippen LogP contribution in [0.3, 0.4) is 0 Å². The summed E-state index contributed by atoms with van der Waals surface area (Å²) in [6.07, 6.45) is -2.85. The SMILES string of the molecule is Cc1cnn(CC(N)c2ccc(C(F)(F)F)cc2)c(=O)c1. The van der Waals surface area contributed by atoms with Crippen molar-refractivity contribution in [1.82, 2.24) is 9.78 Å². The van der Waals surface area contributed by atoms with Crippen LogP contribution in [0.5, 0.6) is 0 Å². The zero-order valence-electron chi connectivity index (χ0n) is 11.3. The van der Waals surface area contributed by atoms with Crippen molar-refractivity contribution in [3.63, 3.8) is 0 Å². The molecule has 2 rings (SSSR count). The molecule has 21 heavy (non-hydrogen) atoms. The predicted octanol–water partition coefficient (Wildman–Crippen LogP) is 2.27. The molecule has 1 heterocycles. The van der Waals surface area contributed by atoms with E-state index in [4.69, 9.17) is 5.73 Å². The molecule has 1 atom stereocenters. The molecule has 0 amide bonds. The first-order valence-corrected chi connectivity index (χ1v) is 6.24. The molecule has 0 spiro atoms. The highest BCUT2D eigenvalue weighted by Crippen LogP contribution is 2.29. The first kappa shape index (κ1) is 15.2. The van der Waals surface area contributed by atoms with Crippen molar-refractivity contribution in [2.75, 3.05) is 0 Å². The molecular formula is C14H14F3N3O. The maximum Gasteiger partial charge on any atom is 0.416 e. The highest BCUT2D eigenvalue weighted by Gasteiger charge is 2.30. The van der Waals surface area contributed by atoms with Crippen LogP contribution in [0.1, 0.15) is 22.7 Å². The number of aromatic nitrogens is 2. The fraction of sp³-hybridized carbons (Fsp3) is 0.286. The minimum absolute atomic E-state index is 0.102. The van der Waals surface area contributed by atoms with E-state index in [1.54, 1.807) is 6.92 Å². The first-order valence-electron chi connectivity index (χ1n) is 6.24. The topological polar surface area (TPSA) is 60.9 Å². The molecule has 1 unspecified atom stereocenters. The number of rotatable bonds is 3. The van der Waals surface area contributed by atoms with Gasteiger partial charge in [-0.15, -0.1) is 0 Å². The summed E-state index contributed by atoms with van der Waals surface area (Å²) in [6, 6.07) is 5.38. The van der Waals surface area contributed by atoms with Crippen LogP contribution in [0, 0.1) is 6.92 Å². The monoisotopic (exact) mass is 297 g/mol. The summed E-state index contributed by atoms with van der Waals surface area (Å²) in [5.74, 6) is 0. The Hall–Kier alpha value is -2.15. The molecule has 0 saturated carbocycles. The van der Waals surface area contributed by atoms with Crippen molar-refractivity contribution in [3.05, 3.63) is 63.6 Å². The molecule has 0 aliphatic rings. The van der Waals surface area contributed by atoms with Crippen molar-refractivity contribution >= 4 is 0 Å². The van der Waals surface area contributed by atoms with Crippen LogP contribution in [0.15, 0.2) is 41.3 Å². The van der Waals surface area contributed by atoms with Crippen molar-refractivity contribution in [2.45, 2.75) is 25.7 Å². The summed E-state index contributed by atoms with van der Waals surface area (Å²) in [5, 5.41) is 3.94. The highest BCUT2D eigenvalue weighted by atomic mass is 19.4. The smallest absolute Gasteiger partial charge is 0.322 e. The van der Waals surface area contributed by atoms with E-state index in [1.807, 2.05) is 0 Å². The largest absolute Gasteiger partial charge is 0.416 e. The molecule has 0 saturated heterocycles. The molecule has 4 nitrogen and oxygen atoms in total. The molecule has 0 fully saturated rings. The van der Waals surface area contributed by atoms with Crippen LogP contribution >= 0.6 is 0 Å². The Balaban J connectivity index is 2.17. The molecule has 112 valence electrons. The van der Waals surface area contributed by atoms with Crippen LogP contribution in [0.2, 0.25) is 0 Å². The second kappa shape index (κ2) is 5.69. The Morgan fingerprint density at radius 1 is 1.29 bits per heavy atom. The molecule has 2 aromatic rings. The van der Waals surface area contributed by atoms with E-state index >= 15 is 0 Å². The maximum absolute atomic E-state index is 12.5. The van der Waals surface area contributed by atoms with Crippen LogP contribution in [-0.2, 0) is 12.7 Å². The van der Waals surface area contributed by atoms with Crippen LogP contribution in [0.4, 0.5) is 13.2 Å². The fourth-order valence-electron chi connectivity index (χ4n) is 1.87. The van der Waals surface area contributed by atoms with Gasteiger partial charge in [-0.1, -0.05) is 12.1 Å². The lowest BCUT2D eigenvalue weighted by atomic mass is 10.1. The maximum atomic E-state index is 12.5. The number of halogens is 3. The van der Waals surface area contributed by atoms with Gasteiger partial charge in [-0.2, -0.15) is 18.3 Å². The lowest BCUT2D eigenvalue weighted by Gasteiger charge is -2.14. The van der Waals surface area contributed by atoms with E-state index in [0.717, 1.165) is 17.7 Å². The Kier molecular flexibility index (Phi) is 4.13. The summed E-state index contributed by atoms with van der Waals surface area (Å²) < 4.78 is 38.6. The average Bonchev–Trinajstić information content (AvgIpc) is 2.41. The molecule has 1 aromatic heterocycles. The molecule has 2 N–H and O–H groups in total. The molecule has 7 heteroatoms. The van der Waals surface area contributed by atoms with Crippen molar-refractivity contribution in [1.29, 1.82) is 0 Å². The summed E-state index contributed by atoms with van der Waals surface area (Å²) in [4.78, 5) is 11.7. The molecule has 0 radical (unpaired) electrons. The minimum atomic E-state index is -4.38. The van der Waals surface area contributed by atoms with Crippen LogP contribution in [-0.4, -0.2) is 9.78 Å². The summed E-state index contributed by atoms with van der Waals surface area (Å²) in [7, 11) is 0. The quantitative estimate of drug-likeness (QED) is 0.945. The van der Waals surface area contributed by atoms with Gasteiger partial charge in [-0.3, -0.25) is 4.79 Å². The van der Waals surface area contributed by atoms with Crippen LogP contribution in [0.25, 0.3) is 0 Å². The van der Waals surface area contributed by atoms with Gasteiger partial charge in [0.25, 0.3) is 5.56 Å². The molecule has 1 aromatic carbocycles. The van der Waals surface area contributed by atoms with Gasteiger partial charge in [0, 0.05) is 12.1 Å². The number of aryl methyl sites for hydroxylation is 1. The molecule has 0 aliphatic heterocycles. The molecule has 0 bridgehead atoms. The van der Waals surface area contributed by atoms with Gasteiger partial charge in [0.05, 0.1) is 18.3 Å². The van der Waals surface area contributed by atoms with E-state index in [-0.39, 0.29) is 12.1 Å². The van der Waals surface area contributed by atoms with Crippen LogP contribution < -0.4 is 11.3 Å². The second-order valence-electron chi connectivity index (χ2n) is 4.78. The number of alkyl halides is 3. The summed E-state index contributed by atoms with van der Waals surface area (Å²) in [6.45, 7) is 1.85. The van der Waals surface area contributed by atoms with Gasteiger partial charge >= 0.3 is 6.18 Å². The lowest BCUT2D eigenvalue weighted by Crippen LogP contribution is -2.28. The third-order valence-corrected chi connectivity index (χ3v) is 3.04. The van der Waals surface area contributed by atoms with E-state index in [2.05, 4.69) is 5.10 Å². The van der Waals surface area contributed by atoms with Crippen molar-refractivity contribution < 1.29 is 13.2 Å². The van der Waals surface area contributed by atoms with Gasteiger partial charge in [0.2, 0.25) is 0 Å². The standard InChI is InChI=1S/C14H14F3N3O/c1-9-6-13(21)20(19-7-9)8-12(18)10-2-4-11(5-3-10)14(15,16)17/h2-7,12H,8,18H2,1H3. The molecule has 0 aliphatic carbocycles. The zero-order valence-corrected chi connectivity index (χ0v) is 11.3. The number of nitrogens with two attached hydrogens (primary N) is 1. The number of benzene rings is 1. The first-order chi connectivity index (χ1) is 9.77. The normalized spacial score (nSPS) is 13.2. The Morgan fingerprint density at radius 2 is 1.90 bits per heavy atom. The summed E-state index contributed by atoms with van der Waals surface area (Å²) >= 11 is 0. The van der Waals surface area contributed by atoms with Gasteiger partial charge in [0.1, 0.15) is 0 Å². The van der Waals surface area contributed by atoms with Gasteiger partial charge in [0.15, 0.2) is 0 Å². The van der Waals surface area contributed by atoms with Crippen molar-refractivity contribution in [2.24, 2.45) is 5.73 Å². The van der Waals surface area contributed by atoms with E-state index < -0.39 is 17.8 Å². The lowest BCUT2D eigenvalue weighted by molar-refractivity contribution is -0.137. The predicted molar refractivity (Wildman–Crippen MR) is 71.6 cm³/mol. The highest BCUT2D eigenvalue weighted by molar-refractivity contribution is 5.26. The summed E-state index contributed by atoms with van der Waals surface area (Å²) in [5.41, 5.74) is 6.13.